The molecule has 0 unspecified atom stereocenters. The molecule has 0 atom stereocenters. The summed E-state index contributed by atoms with van der Waals surface area (Å²) in [4.78, 5) is 15.5. The molecule has 5 heteroatoms. The minimum absolute atomic E-state index is 0.259. The largest absolute Gasteiger partial charge is 0.437 e. The van der Waals surface area contributed by atoms with Gasteiger partial charge in [0.15, 0.2) is 0 Å². The van der Waals surface area contributed by atoms with Gasteiger partial charge in [-0.2, -0.15) is 0 Å². The number of aromatic nitrogens is 4. The van der Waals surface area contributed by atoms with Crippen molar-refractivity contribution in [2.24, 2.45) is 0 Å². The lowest BCUT2D eigenvalue weighted by Gasteiger charge is -2.25. The maximum atomic E-state index is 6.67. The summed E-state index contributed by atoms with van der Waals surface area (Å²) in [6, 6.07) is 30.3. The molecule has 0 fully saturated rings. The van der Waals surface area contributed by atoms with Gasteiger partial charge in [0.2, 0.25) is 5.71 Å². The summed E-state index contributed by atoms with van der Waals surface area (Å²) in [5, 5.41) is 5.68. The van der Waals surface area contributed by atoms with Crippen molar-refractivity contribution in [3.63, 3.8) is 0 Å². The summed E-state index contributed by atoms with van der Waals surface area (Å²) in [6.45, 7) is 15.5. The standard InChI is InChI=1S/C41H38N4O/c1-22(2)32-21-27-11-8-9-12-28(27)35(24(5)6)37(32)45-38-34(19-17-26-16-15-25(7)42-36(26)38)43-40(45)31-14-10-13-29-30-18-20-33(23(3)4)44-41(30)46-39(29)31/h8-24H,1-7H3. The van der Waals surface area contributed by atoms with Crippen LogP contribution in [-0.2, 0) is 0 Å². The Morgan fingerprint density at radius 3 is 2.22 bits per heavy atom. The molecular weight excluding hydrogens is 564 g/mol. The number of fused-ring (bicyclic) bond motifs is 7. The van der Waals surface area contributed by atoms with Gasteiger partial charge in [-0.15, -0.1) is 0 Å². The van der Waals surface area contributed by atoms with Gasteiger partial charge in [-0.05, 0) is 83.0 Å². The number of aryl methyl sites for hydroxylation is 1. The molecule has 0 amide bonds. The van der Waals surface area contributed by atoms with Gasteiger partial charge >= 0.3 is 0 Å². The van der Waals surface area contributed by atoms with E-state index in [4.69, 9.17) is 19.4 Å². The fourth-order valence-electron chi connectivity index (χ4n) is 7.09. The quantitative estimate of drug-likeness (QED) is 0.197. The van der Waals surface area contributed by atoms with Gasteiger partial charge in [-0.1, -0.05) is 90.1 Å². The number of para-hydroxylation sites is 1. The summed E-state index contributed by atoms with van der Waals surface area (Å²) in [5.41, 5.74) is 11.1. The predicted molar refractivity (Wildman–Crippen MR) is 191 cm³/mol. The van der Waals surface area contributed by atoms with Crippen molar-refractivity contribution in [2.45, 2.75) is 66.2 Å². The molecule has 4 aromatic heterocycles. The van der Waals surface area contributed by atoms with Crippen LogP contribution in [0.3, 0.4) is 0 Å². The van der Waals surface area contributed by atoms with Crippen LogP contribution in [0.4, 0.5) is 0 Å². The summed E-state index contributed by atoms with van der Waals surface area (Å²) in [7, 11) is 0. The predicted octanol–water partition coefficient (Wildman–Crippen LogP) is 11.4. The van der Waals surface area contributed by atoms with Crippen LogP contribution in [0.15, 0.2) is 89.3 Å². The van der Waals surface area contributed by atoms with Gasteiger partial charge in [0, 0.05) is 27.5 Å². The molecule has 228 valence electrons. The summed E-state index contributed by atoms with van der Waals surface area (Å²) in [5.74, 6) is 1.68. The van der Waals surface area contributed by atoms with E-state index in [1.54, 1.807) is 0 Å². The van der Waals surface area contributed by atoms with Crippen LogP contribution in [0.1, 0.15) is 81.8 Å². The molecule has 0 saturated carbocycles. The van der Waals surface area contributed by atoms with Crippen molar-refractivity contribution in [3.8, 4) is 17.1 Å². The molecular formula is C41H38N4O. The lowest BCUT2D eigenvalue weighted by Crippen LogP contribution is -2.10. The number of rotatable bonds is 5. The fraction of sp³-hybridized carbons (Fsp3) is 0.244. The van der Waals surface area contributed by atoms with E-state index in [1.807, 2.05) is 0 Å². The molecule has 0 bridgehead atoms. The number of imidazole rings is 1. The molecule has 5 nitrogen and oxygen atoms in total. The van der Waals surface area contributed by atoms with Gasteiger partial charge < -0.3 is 4.42 Å². The Bertz CT molecular complexity index is 2480. The number of hydrogen-bond donors (Lipinski definition) is 0. The highest BCUT2D eigenvalue weighted by Gasteiger charge is 2.27. The molecule has 8 aromatic rings. The van der Waals surface area contributed by atoms with E-state index in [-0.39, 0.29) is 11.8 Å². The van der Waals surface area contributed by atoms with E-state index in [2.05, 4.69) is 138 Å². The van der Waals surface area contributed by atoms with Crippen molar-refractivity contribution in [1.82, 2.24) is 19.5 Å². The topological polar surface area (TPSA) is 56.7 Å². The average molecular weight is 603 g/mol. The first-order valence-corrected chi connectivity index (χ1v) is 16.4. The van der Waals surface area contributed by atoms with E-state index in [0.717, 1.165) is 61.1 Å². The van der Waals surface area contributed by atoms with Gasteiger partial charge in [0.25, 0.3) is 0 Å². The molecule has 0 aliphatic carbocycles. The molecule has 0 N–H and O–H groups in total. The number of pyridine rings is 2. The summed E-state index contributed by atoms with van der Waals surface area (Å²) in [6.07, 6.45) is 0. The summed E-state index contributed by atoms with van der Waals surface area (Å²) >= 11 is 0. The first kappa shape index (κ1) is 28.4. The van der Waals surface area contributed by atoms with Gasteiger partial charge in [0.05, 0.1) is 27.8 Å². The second-order valence-electron chi connectivity index (χ2n) is 13.5. The van der Waals surface area contributed by atoms with Crippen LogP contribution in [0, 0.1) is 6.92 Å². The SMILES string of the molecule is Cc1ccc2ccc3nc(-c4cccc5c4oc4nc(C(C)C)ccc45)n(-c4c(C(C)C)cc5ccccc5c4C(C)C)c3c2n1. The highest BCUT2D eigenvalue weighted by atomic mass is 16.3. The fourth-order valence-corrected chi connectivity index (χ4v) is 7.09. The van der Waals surface area contributed by atoms with Crippen LogP contribution < -0.4 is 0 Å². The Kier molecular flexibility index (Phi) is 6.50. The van der Waals surface area contributed by atoms with Crippen molar-refractivity contribution in [3.05, 3.63) is 107 Å². The van der Waals surface area contributed by atoms with Crippen molar-refractivity contribution in [2.75, 3.05) is 0 Å². The van der Waals surface area contributed by atoms with Crippen molar-refractivity contribution < 1.29 is 4.42 Å². The summed E-state index contributed by atoms with van der Waals surface area (Å²) < 4.78 is 9.07. The third-order valence-corrected chi connectivity index (χ3v) is 9.35. The van der Waals surface area contributed by atoms with Crippen LogP contribution in [0.25, 0.3) is 71.9 Å². The number of benzene rings is 4. The van der Waals surface area contributed by atoms with E-state index in [1.165, 1.54) is 27.6 Å². The molecule has 0 spiro atoms. The number of furan rings is 1. The first-order valence-electron chi connectivity index (χ1n) is 16.4. The van der Waals surface area contributed by atoms with Gasteiger partial charge in [0.1, 0.15) is 11.4 Å². The minimum Gasteiger partial charge on any atom is -0.437 e. The third kappa shape index (κ3) is 4.25. The van der Waals surface area contributed by atoms with Crippen LogP contribution in [-0.4, -0.2) is 19.5 Å². The maximum absolute atomic E-state index is 6.67. The van der Waals surface area contributed by atoms with Crippen molar-refractivity contribution >= 4 is 54.8 Å². The zero-order chi connectivity index (χ0) is 31.9. The van der Waals surface area contributed by atoms with Crippen LogP contribution >= 0.6 is 0 Å². The van der Waals surface area contributed by atoms with Crippen LogP contribution in [0.5, 0.6) is 0 Å². The Morgan fingerprint density at radius 2 is 1.43 bits per heavy atom. The molecule has 0 aliphatic rings. The second kappa shape index (κ2) is 10.5. The van der Waals surface area contributed by atoms with Gasteiger partial charge in [-0.25, -0.2) is 9.97 Å². The molecule has 4 aromatic carbocycles. The number of hydrogen-bond acceptors (Lipinski definition) is 4. The van der Waals surface area contributed by atoms with E-state index < -0.39 is 0 Å². The lowest BCUT2D eigenvalue weighted by molar-refractivity contribution is 0.648. The molecule has 46 heavy (non-hydrogen) atoms. The maximum Gasteiger partial charge on any atom is 0.227 e. The monoisotopic (exact) mass is 602 g/mol. The zero-order valence-corrected chi connectivity index (χ0v) is 27.5. The first-order chi connectivity index (χ1) is 22.2. The molecule has 4 heterocycles. The lowest BCUT2D eigenvalue weighted by atomic mass is 9.87. The van der Waals surface area contributed by atoms with E-state index in [9.17, 15) is 0 Å². The zero-order valence-electron chi connectivity index (χ0n) is 27.5. The minimum atomic E-state index is 0.259. The second-order valence-corrected chi connectivity index (χ2v) is 13.5. The Labute approximate surface area is 268 Å². The molecule has 8 rings (SSSR count). The highest BCUT2D eigenvalue weighted by Crippen LogP contribution is 2.44. The highest BCUT2D eigenvalue weighted by molar-refractivity contribution is 6.10. The molecule has 0 aliphatic heterocycles. The van der Waals surface area contributed by atoms with E-state index in [0.29, 0.717) is 11.6 Å². The third-order valence-electron chi connectivity index (χ3n) is 9.35. The van der Waals surface area contributed by atoms with E-state index >= 15 is 0 Å². The Morgan fingerprint density at radius 1 is 0.652 bits per heavy atom. The normalized spacial score (nSPS) is 12.4. The average Bonchev–Trinajstić information content (AvgIpc) is 3.62. The Balaban J connectivity index is 1.58. The van der Waals surface area contributed by atoms with Gasteiger partial charge in [-0.3, -0.25) is 9.55 Å². The van der Waals surface area contributed by atoms with Crippen LogP contribution in [0.2, 0.25) is 0 Å². The molecule has 0 saturated heterocycles. The molecule has 0 radical (unpaired) electrons. The Hall–Kier alpha value is -5.03. The van der Waals surface area contributed by atoms with Crippen molar-refractivity contribution in [1.29, 1.82) is 0 Å². The number of nitrogens with zero attached hydrogens (tertiary/aromatic N) is 4. The smallest absolute Gasteiger partial charge is 0.227 e.